The lowest BCUT2D eigenvalue weighted by molar-refractivity contribution is -0.120. The van der Waals surface area contributed by atoms with Crippen molar-refractivity contribution in [3.8, 4) is 0 Å². The molecule has 0 unspecified atom stereocenters. The maximum absolute atomic E-state index is 11.7. The monoisotopic (exact) mass is 292 g/mol. The lowest BCUT2D eigenvalue weighted by Crippen LogP contribution is -2.32. The maximum atomic E-state index is 11.7. The Labute approximate surface area is 120 Å². The molecule has 1 aromatic carbocycles. The summed E-state index contributed by atoms with van der Waals surface area (Å²) in [5, 5.41) is 0.377. The van der Waals surface area contributed by atoms with Gasteiger partial charge in [-0.2, -0.15) is 0 Å². The van der Waals surface area contributed by atoms with E-state index in [0.717, 1.165) is 11.1 Å². The summed E-state index contributed by atoms with van der Waals surface area (Å²) in [4.78, 5) is 26.7. The van der Waals surface area contributed by atoms with Crippen LogP contribution in [0.15, 0.2) is 41.5 Å². The highest BCUT2D eigenvalue weighted by Crippen LogP contribution is 2.11. The largest absolute Gasteiger partial charge is 0.347 e. The van der Waals surface area contributed by atoms with Crippen molar-refractivity contribution in [2.24, 2.45) is 5.84 Å². The van der Waals surface area contributed by atoms with Crippen molar-refractivity contribution in [3.05, 3.63) is 63.3 Å². The van der Waals surface area contributed by atoms with Crippen LogP contribution in [-0.2, 0) is 17.8 Å². The summed E-state index contributed by atoms with van der Waals surface area (Å²) in [7, 11) is 0. The number of halogens is 1. The number of carbonyl (C=O) groups excluding carboxylic acids is 1. The van der Waals surface area contributed by atoms with Crippen LogP contribution in [0, 0.1) is 0 Å². The number of carbonyl (C=O) groups is 1. The SMILES string of the molecule is NNC(=O)Cc1ccccc1Cn1cc(Cl)cnc1=O. The summed E-state index contributed by atoms with van der Waals surface area (Å²) in [5.41, 5.74) is 3.32. The Hall–Kier alpha value is -2.18. The second-order valence-corrected chi connectivity index (χ2v) is 4.63. The van der Waals surface area contributed by atoms with Gasteiger partial charge in [-0.1, -0.05) is 35.9 Å². The van der Waals surface area contributed by atoms with Gasteiger partial charge in [-0.05, 0) is 11.1 Å². The van der Waals surface area contributed by atoms with Crippen LogP contribution in [-0.4, -0.2) is 15.5 Å². The standard InChI is InChI=1S/C13H13ClN4O2/c14-11-6-16-13(20)18(8-11)7-10-4-2-1-3-9(10)5-12(19)17-15/h1-4,6,8H,5,7,15H2,(H,17,19). The fourth-order valence-electron chi connectivity index (χ4n) is 1.83. The van der Waals surface area contributed by atoms with Crippen LogP contribution in [0.3, 0.4) is 0 Å². The van der Waals surface area contributed by atoms with Crippen molar-refractivity contribution < 1.29 is 4.79 Å². The fourth-order valence-corrected chi connectivity index (χ4v) is 2.00. The molecule has 0 saturated carbocycles. The van der Waals surface area contributed by atoms with E-state index in [0.29, 0.717) is 11.6 Å². The zero-order chi connectivity index (χ0) is 14.5. The quantitative estimate of drug-likeness (QED) is 0.487. The maximum Gasteiger partial charge on any atom is 0.347 e. The van der Waals surface area contributed by atoms with E-state index in [2.05, 4.69) is 10.4 Å². The van der Waals surface area contributed by atoms with Gasteiger partial charge in [-0.15, -0.1) is 0 Å². The van der Waals surface area contributed by atoms with Crippen LogP contribution < -0.4 is 17.0 Å². The van der Waals surface area contributed by atoms with E-state index in [1.807, 2.05) is 24.3 Å². The van der Waals surface area contributed by atoms with Crippen LogP contribution in [0.25, 0.3) is 0 Å². The Bertz CT molecular complexity index is 684. The molecule has 2 rings (SSSR count). The molecule has 1 heterocycles. The first-order valence-corrected chi connectivity index (χ1v) is 6.26. The number of nitrogens with two attached hydrogens (primary N) is 1. The average Bonchev–Trinajstić information content (AvgIpc) is 2.44. The van der Waals surface area contributed by atoms with Gasteiger partial charge in [0.2, 0.25) is 5.91 Å². The molecule has 0 bridgehead atoms. The van der Waals surface area contributed by atoms with Gasteiger partial charge in [0, 0.05) is 6.20 Å². The summed E-state index contributed by atoms with van der Waals surface area (Å²) in [6.45, 7) is 0.292. The smallest absolute Gasteiger partial charge is 0.294 e. The minimum atomic E-state index is -0.396. The predicted octanol–water partition coefficient (Wildman–Crippen LogP) is 0.477. The molecule has 0 aliphatic carbocycles. The lowest BCUT2D eigenvalue weighted by Gasteiger charge is -2.10. The van der Waals surface area contributed by atoms with Gasteiger partial charge in [0.1, 0.15) is 0 Å². The molecule has 3 N–H and O–H groups in total. The van der Waals surface area contributed by atoms with E-state index in [9.17, 15) is 9.59 Å². The Morgan fingerprint density at radius 1 is 1.35 bits per heavy atom. The van der Waals surface area contributed by atoms with Crippen LogP contribution in [0.4, 0.5) is 0 Å². The molecule has 0 radical (unpaired) electrons. The number of aromatic nitrogens is 2. The third kappa shape index (κ3) is 3.43. The van der Waals surface area contributed by atoms with E-state index >= 15 is 0 Å². The van der Waals surface area contributed by atoms with Crippen molar-refractivity contribution >= 4 is 17.5 Å². The Kier molecular flexibility index (Phi) is 4.49. The highest BCUT2D eigenvalue weighted by atomic mass is 35.5. The first-order valence-electron chi connectivity index (χ1n) is 5.88. The molecule has 1 aromatic heterocycles. The number of hydrogen-bond donors (Lipinski definition) is 2. The first-order chi connectivity index (χ1) is 9.60. The molecule has 0 aliphatic heterocycles. The summed E-state index contributed by atoms with van der Waals surface area (Å²) in [6, 6.07) is 7.31. The van der Waals surface area contributed by atoms with Crippen LogP contribution in [0.5, 0.6) is 0 Å². The number of hydrogen-bond acceptors (Lipinski definition) is 4. The molecule has 104 valence electrons. The van der Waals surface area contributed by atoms with Crippen molar-refractivity contribution in [1.29, 1.82) is 0 Å². The molecular weight excluding hydrogens is 280 g/mol. The summed E-state index contributed by atoms with van der Waals surface area (Å²) >= 11 is 5.83. The highest BCUT2D eigenvalue weighted by Gasteiger charge is 2.08. The van der Waals surface area contributed by atoms with Gasteiger partial charge in [0.05, 0.1) is 24.2 Å². The third-order valence-electron chi connectivity index (χ3n) is 2.79. The predicted molar refractivity (Wildman–Crippen MR) is 75.1 cm³/mol. The zero-order valence-corrected chi connectivity index (χ0v) is 11.3. The number of nitrogens with zero attached hydrogens (tertiary/aromatic N) is 2. The molecule has 6 nitrogen and oxygen atoms in total. The normalized spacial score (nSPS) is 10.3. The number of rotatable bonds is 4. The minimum Gasteiger partial charge on any atom is -0.294 e. The molecule has 0 fully saturated rings. The number of hydrazine groups is 1. The lowest BCUT2D eigenvalue weighted by atomic mass is 10.0. The molecule has 2 aromatic rings. The Morgan fingerprint density at radius 3 is 2.75 bits per heavy atom. The van der Waals surface area contributed by atoms with Gasteiger partial charge in [0.15, 0.2) is 0 Å². The average molecular weight is 293 g/mol. The Morgan fingerprint density at radius 2 is 2.05 bits per heavy atom. The van der Waals surface area contributed by atoms with E-state index in [1.54, 1.807) is 0 Å². The van der Waals surface area contributed by atoms with Crippen LogP contribution in [0.1, 0.15) is 11.1 Å². The molecule has 0 atom stereocenters. The molecule has 1 amide bonds. The second-order valence-electron chi connectivity index (χ2n) is 4.20. The molecule has 0 spiro atoms. The van der Waals surface area contributed by atoms with E-state index in [4.69, 9.17) is 17.4 Å². The van der Waals surface area contributed by atoms with Gasteiger partial charge in [-0.3, -0.25) is 14.8 Å². The summed E-state index contributed by atoms with van der Waals surface area (Å²) in [6.07, 6.45) is 2.96. The highest BCUT2D eigenvalue weighted by molar-refractivity contribution is 6.30. The van der Waals surface area contributed by atoms with Crippen molar-refractivity contribution in [2.75, 3.05) is 0 Å². The topological polar surface area (TPSA) is 90.0 Å². The molecule has 0 saturated heterocycles. The second kappa shape index (κ2) is 6.31. The van der Waals surface area contributed by atoms with Gasteiger partial charge >= 0.3 is 5.69 Å². The Balaban J connectivity index is 2.31. The van der Waals surface area contributed by atoms with Crippen LogP contribution in [0.2, 0.25) is 5.02 Å². The molecule has 7 heteroatoms. The number of benzene rings is 1. The zero-order valence-electron chi connectivity index (χ0n) is 10.5. The van der Waals surface area contributed by atoms with Crippen molar-refractivity contribution in [1.82, 2.24) is 15.0 Å². The van der Waals surface area contributed by atoms with Gasteiger partial charge in [0.25, 0.3) is 0 Å². The van der Waals surface area contributed by atoms with Crippen molar-refractivity contribution in [2.45, 2.75) is 13.0 Å². The van der Waals surface area contributed by atoms with E-state index in [1.165, 1.54) is 17.0 Å². The van der Waals surface area contributed by atoms with Crippen molar-refractivity contribution in [3.63, 3.8) is 0 Å². The fraction of sp³-hybridized carbons (Fsp3) is 0.154. The van der Waals surface area contributed by atoms with Gasteiger partial charge in [-0.25, -0.2) is 15.6 Å². The molecule has 0 aliphatic rings. The van der Waals surface area contributed by atoms with E-state index < -0.39 is 5.69 Å². The third-order valence-corrected chi connectivity index (χ3v) is 2.99. The first kappa shape index (κ1) is 14.2. The van der Waals surface area contributed by atoms with Gasteiger partial charge < -0.3 is 0 Å². The molecule has 20 heavy (non-hydrogen) atoms. The number of amides is 1. The minimum absolute atomic E-state index is 0.148. The molecular formula is C13H13ClN4O2. The summed E-state index contributed by atoms with van der Waals surface area (Å²) < 4.78 is 1.39. The number of nitrogens with one attached hydrogen (secondary N) is 1. The van der Waals surface area contributed by atoms with E-state index in [-0.39, 0.29) is 12.3 Å². The van der Waals surface area contributed by atoms with Crippen LogP contribution >= 0.6 is 11.6 Å². The summed E-state index contributed by atoms with van der Waals surface area (Å²) in [5.74, 6) is 4.79.